The van der Waals surface area contributed by atoms with Gasteiger partial charge >= 0.3 is 5.97 Å². The van der Waals surface area contributed by atoms with Gasteiger partial charge in [-0.1, -0.05) is 0 Å². The molecule has 1 aromatic rings. The van der Waals surface area contributed by atoms with Crippen molar-refractivity contribution in [3.05, 3.63) is 23.9 Å². The molecular formula is C17H22N2O4. The molecule has 1 aromatic heterocycles. The van der Waals surface area contributed by atoms with E-state index in [9.17, 15) is 9.59 Å². The Kier molecular flexibility index (Phi) is 4.79. The fraction of sp³-hybridized carbons (Fsp3) is 0.588. The number of nitrogens with zero attached hydrogens (tertiary/aromatic N) is 2. The highest BCUT2D eigenvalue weighted by Gasteiger charge is 2.31. The van der Waals surface area contributed by atoms with Crippen LogP contribution in [0.15, 0.2) is 18.3 Å². The second-order valence-electron chi connectivity index (χ2n) is 6.30. The molecule has 2 fully saturated rings. The lowest BCUT2D eigenvalue weighted by Crippen LogP contribution is -2.36. The number of carbonyl (C=O) groups excluding carboxylic acids is 1. The minimum atomic E-state index is -0.867. The standard InChI is InChI=1S/C17H22N2O4/c20-16(21)10-13-4-3-9-19(13)17(22)12-7-8-15(18-11-12)23-14-5-1-2-6-14/h7-8,11,13-14H,1-6,9-10H2,(H,20,21). The summed E-state index contributed by atoms with van der Waals surface area (Å²) in [5, 5.41) is 8.95. The summed E-state index contributed by atoms with van der Waals surface area (Å²) in [6, 6.07) is 3.23. The molecule has 1 saturated carbocycles. The van der Waals surface area contributed by atoms with Gasteiger partial charge in [-0.05, 0) is 44.6 Å². The molecule has 0 aromatic carbocycles. The van der Waals surface area contributed by atoms with Gasteiger partial charge in [-0.2, -0.15) is 0 Å². The fourth-order valence-corrected chi connectivity index (χ4v) is 3.44. The maximum absolute atomic E-state index is 12.5. The molecule has 124 valence electrons. The van der Waals surface area contributed by atoms with Crippen LogP contribution in [-0.2, 0) is 4.79 Å². The number of rotatable bonds is 5. The van der Waals surface area contributed by atoms with Gasteiger partial charge in [-0.3, -0.25) is 9.59 Å². The summed E-state index contributed by atoms with van der Waals surface area (Å²) in [6.07, 6.45) is 7.88. The predicted molar refractivity (Wildman–Crippen MR) is 83.4 cm³/mol. The maximum Gasteiger partial charge on any atom is 0.305 e. The second-order valence-corrected chi connectivity index (χ2v) is 6.30. The second kappa shape index (κ2) is 6.98. The van der Waals surface area contributed by atoms with E-state index in [2.05, 4.69) is 4.98 Å². The van der Waals surface area contributed by atoms with Crippen molar-refractivity contribution in [1.29, 1.82) is 0 Å². The average Bonchev–Trinajstić information content (AvgIpc) is 3.18. The number of hydrogen-bond acceptors (Lipinski definition) is 4. The van der Waals surface area contributed by atoms with Crippen molar-refractivity contribution < 1.29 is 19.4 Å². The van der Waals surface area contributed by atoms with E-state index in [-0.39, 0.29) is 24.5 Å². The summed E-state index contributed by atoms with van der Waals surface area (Å²) in [6.45, 7) is 0.608. The third kappa shape index (κ3) is 3.81. The molecule has 6 nitrogen and oxygen atoms in total. The molecule has 23 heavy (non-hydrogen) atoms. The maximum atomic E-state index is 12.5. The van der Waals surface area contributed by atoms with Crippen LogP contribution in [0.1, 0.15) is 55.3 Å². The van der Waals surface area contributed by atoms with Gasteiger partial charge in [0.15, 0.2) is 0 Å². The first-order valence-electron chi connectivity index (χ1n) is 8.29. The lowest BCUT2D eigenvalue weighted by atomic mass is 10.1. The molecular weight excluding hydrogens is 296 g/mol. The van der Waals surface area contributed by atoms with Gasteiger partial charge in [-0.25, -0.2) is 4.98 Å². The Morgan fingerprint density at radius 1 is 1.22 bits per heavy atom. The van der Waals surface area contributed by atoms with Crippen LogP contribution in [0.3, 0.4) is 0 Å². The zero-order valence-electron chi connectivity index (χ0n) is 13.1. The van der Waals surface area contributed by atoms with E-state index in [0.29, 0.717) is 18.0 Å². The molecule has 2 heterocycles. The van der Waals surface area contributed by atoms with Gasteiger partial charge in [0.25, 0.3) is 5.91 Å². The zero-order chi connectivity index (χ0) is 16.2. The lowest BCUT2D eigenvalue weighted by molar-refractivity contribution is -0.137. The summed E-state index contributed by atoms with van der Waals surface area (Å²) in [5.41, 5.74) is 0.487. The summed E-state index contributed by atoms with van der Waals surface area (Å²) in [4.78, 5) is 29.3. The molecule has 1 unspecified atom stereocenters. The number of carboxylic acid groups (broad SMARTS) is 1. The van der Waals surface area contributed by atoms with Crippen LogP contribution in [0.5, 0.6) is 5.88 Å². The molecule has 6 heteroatoms. The number of aromatic nitrogens is 1. The Morgan fingerprint density at radius 2 is 2.00 bits per heavy atom. The van der Waals surface area contributed by atoms with E-state index >= 15 is 0 Å². The van der Waals surface area contributed by atoms with Crippen LogP contribution in [0, 0.1) is 0 Å². The number of carbonyl (C=O) groups is 2. The van der Waals surface area contributed by atoms with E-state index in [1.54, 1.807) is 17.0 Å². The molecule has 0 radical (unpaired) electrons. The van der Waals surface area contributed by atoms with Crippen molar-refractivity contribution in [3.8, 4) is 5.88 Å². The van der Waals surface area contributed by atoms with Crippen molar-refractivity contribution >= 4 is 11.9 Å². The Labute approximate surface area is 135 Å². The molecule has 1 saturated heterocycles. The number of ether oxygens (including phenoxy) is 1. The normalized spacial score (nSPS) is 21.6. The first-order chi connectivity index (χ1) is 11.1. The third-order valence-electron chi connectivity index (χ3n) is 4.62. The molecule has 1 N–H and O–H groups in total. The van der Waals surface area contributed by atoms with E-state index in [1.165, 1.54) is 19.0 Å². The van der Waals surface area contributed by atoms with Gasteiger partial charge < -0.3 is 14.7 Å². The third-order valence-corrected chi connectivity index (χ3v) is 4.62. The van der Waals surface area contributed by atoms with E-state index < -0.39 is 5.97 Å². The van der Waals surface area contributed by atoms with Crippen molar-refractivity contribution in [2.45, 2.75) is 57.1 Å². The monoisotopic (exact) mass is 318 g/mol. The highest BCUT2D eigenvalue weighted by Crippen LogP contribution is 2.25. The summed E-state index contributed by atoms with van der Waals surface area (Å²) >= 11 is 0. The SMILES string of the molecule is O=C(O)CC1CCCN1C(=O)c1ccc(OC2CCCC2)nc1. The summed E-state index contributed by atoms with van der Waals surface area (Å²) in [5.74, 6) is -0.459. The zero-order valence-corrected chi connectivity index (χ0v) is 13.1. The molecule has 1 aliphatic heterocycles. The molecule has 3 rings (SSSR count). The number of aliphatic carboxylic acids is 1. The van der Waals surface area contributed by atoms with Crippen molar-refractivity contribution in [2.24, 2.45) is 0 Å². The van der Waals surface area contributed by atoms with Crippen molar-refractivity contribution in [2.75, 3.05) is 6.54 Å². The van der Waals surface area contributed by atoms with E-state index in [4.69, 9.17) is 9.84 Å². The Bertz CT molecular complexity index is 566. The number of likely N-dealkylation sites (tertiary alicyclic amines) is 1. The van der Waals surface area contributed by atoms with Crippen LogP contribution < -0.4 is 4.74 Å². The Balaban J connectivity index is 1.63. The van der Waals surface area contributed by atoms with Crippen LogP contribution in [-0.4, -0.2) is 45.6 Å². The van der Waals surface area contributed by atoms with Crippen LogP contribution in [0.2, 0.25) is 0 Å². The Hall–Kier alpha value is -2.11. The minimum Gasteiger partial charge on any atom is -0.481 e. The molecule has 0 bridgehead atoms. The molecule has 1 aliphatic carbocycles. The van der Waals surface area contributed by atoms with Gasteiger partial charge in [0.2, 0.25) is 5.88 Å². The molecule has 2 aliphatic rings. The van der Waals surface area contributed by atoms with Crippen molar-refractivity contribution in [3.63, 3.8) is 0 Å². The van der Waals surface area contributed by atoms with E-state index in [1.807, 2.05) is 0 Å². The first kappa shape index (κ1) is 15.8. The largest absolute Gasteiger partial charge is 0.481 e. The van der Waals surface area contributed by atoms with Crippen LogP contribution >= 0.6 is 0 Å². The Morgan fingerprint density at radius 3 is 2.65 bits per heavy atom. The smallest absolute Gasteiger partial charge is 0.305 e. The van der Waals surface area contributed by atoms with E-state index in [0.717, 1.165) is 25.7 Å². The van der Waals surface area contributed by atoms with Crippen LogP contribution in [0.4, 0.5) is 0 Å². The number of carboxylic acids is 1. The van der Waals surface area contributed by atoms with Gasteiger partial charge in [0.1, 0.15) is 6.10 Å². The average molecular weight is 318 g/mol. The highest BCUT2D eigenvalue weighted by molar-refractivity contribution is 5.94. The number of hydrogen-bond donors (Lipinski definition) is 1. The number of pyridine rings is 1. The summed E-state index contributed by atoms with van der Waals surface area (Å²) < 4.78 is 5.80. The molecule has 1 amide bonds. The lowest BCUT2D eigenvalue weighted by Gasteiger charge is -2.23. The van der Waals surface area contributed by atoms with Crippen molar-refractivity contribution in [1.82, 2.24) is 9.88 Å². The topological polar surface area (TPSA) is 79.7 Å². The number of amides is 1. The highest BCUT2D eigenvalue weighted by atomic mass is 16.5. The van der Waals surface area contributed by atoms with Gasteiger partial charge in [0.05, 0.1) is 12.0 Å². The van der Waals surface area contributed by atoms with Gasteiger partial charge in [0, 0.05) is 24.8 Å². The minimum absolute atomic E-state index is 0.00203. The predicted octanol–water partition coefficient (Wildman–Crippen LogP) is 2.48. The summed E-state index contributed by atoms with van der Waals surface area (Å²) in [7, 11) is 0. The van der Waals surface area contributed by atoms with Gasteiger partial charge in [-0.15, -0.1) is 0 Å². The molecule has 1 atom stereocenters. The molecule has 0 spiro atoms. The first-order valence-corrected chi connectivity index (χ1v) is 8.29. The van der Waals surface area contributed by atoms with Crippen LogP contribution in [0.25, 0.3) is 0 Å². The fourth-order valence-electron chi connectivity index (χ4n) is 3.44. The quantitative estimate of drug-likeness (QED) is 0.902.